The van der Waals surface area contributed by atoms with E-state index in [-0.39, 0.29) is 12.1 Å². The van der Waals surface area contributed by atoms with Crippen molar-refractivity contribution in [3.8, 4) is 0 Å². The molecule has 0 aliphatic rings. The fraction of sp³-hybridized carbons (Fsp3) is 0.353. The molecule has 1 atom stereocenters. The van der Waals surface area contributed by atoms with Crippen LogP contribution in [0.5, 0.6) is 0 Å². The number of halogens is 2. The molecular formula is C17H21F2N3S. The molecule has 0 saturated heterocycles. The van der Waals surface area contributed by atoms with Gasteiger partial charge in [-0.1, -0.05) is 13.0 Å². The van der Waals surface area contributed by atoms with Crippen LogP contribution in [0.2, 0.25) is 0 Å². The zero-order chi connectivity index (χ0) is 16.7. The first-order valence-electron chi connectivity index (χ1n) is 7.49. The molecule has 1 aromatic carbocycles. The van der Waals surface area contributed by atoms with Crippen molar-refractivity contribution in [1.29, 1.82) is 0 Å². The average molecular weight is 337 g/mol. The summed E-state index contributed by atoms with van der Waals surface area (Å²) in [6.45, 7) is 3.10. The van der Waals surface area contributed by atoms with Gasteiger partial charge in [-0.25, -0.2) is 8.78 Å². The van der Waals surface area contributed by atoms with Crippen molar-refractivity contribution in [3.63, 3.8) is 0 Å². The van der Waals surface area contributed by atoms with Crippen molar-refractivity contribution in [2.75, 3.05) is 13.6 Å². The lowest BCUT2D eigenvalue weighted by Gasteiger charge is -2.16. The molecule has 0 bridgehead atoms. The largest absolute Gasteiger partial charge is 0.356 e. The summed E-state index contributed by atoms with van der Waals surface area (Å²) in [5, 5.41) is 8.29. The van der Waals surface area contributed by atoms with Crippen LogP contribution in [0.4, 0.5) is 8.78 Å². The third-order valence-corrected chi connectivity index (χ3v) is 4.32. The number of benzene rings is 1. The summed E-state index contributed by atoms with van der Waals surface area (Å²) in [4.78, 5) is 5.46. The molecule has 6 heteroatoms. The van der Waals surface area contributed by atoms with Crippen LogP contribution in [0, 0.1) is 17.6 Å². The van der Waals surface area contributed by atoms with Crippen LogP contribution in [0.3, 0.4) is 0 Å². The monoisotopic (exact) mass is 337 g/mol. The van der Waals surface area contributed by atoms with Gasteiger partial charge in [-0.15, -0.1) is 11.3 Å². The molecule has 2 aromatic rings. The smallest absolute Gasteiger partial charge is 0.191 e. The van der Waals surface area contributed by atoms with Crippen molar-refractivity contribution in [2.24, 2.45) is 10.9 Å². The summed E-state index contributed by atoms with van der Waals surface area (Å²) in [5.74, 6) is 0.140. The first kappa shape index (κ1) is 17.4. The maximum Gasteiger partial charge on any atom is 0.191 e. The van der Waals surface area contributed by atoms with E-state index in [1.807, 2.05) is 6.07 Å². The van der Waals surface area contributed by atoms with Gasteiger partial charge in [-0.05, 0) is 42.0 Å². The second kappa shape index (κ2) is 8.62. The normalized spacial score (nSPS) is 13.0. The maximum atomic E-state index is 13.6. The summed E-state index contributed by atoms with van der Waals surface area (Å²) >= 11 is 1.75. The molecule has 0 aliphatic heterocycles. The zero-order valence-electron chi connectivity index (χ0n) is 13.3. The predicted octanol–water partition coefficient (Wildman–Crippen LogP) is 3.57. The van der Waals surface area contributed by atoms with E-state index in [1.54, 1.807) is 18.4 Å². The summed E-state index contributed by atoms with van der Waals surface area (Å²) in [7, 11) is 1.65. The van der Waals surface area contributed by atoms with Crippen LogP contribution < -0.4 is 10.6 Å². The van der Waals surface area contributed by atoms with Gasteiger partial charge >= 0.3 is 0 Å². The van der Waals surface area contributed by atoms with Gasteiger partial charge in [0.1, 0.15) is 11.6 Å². The number of nitrogens with one attached hydrogen (secondary N) is 2. The molecule has 23 heavy (non-hydrogen) atoms. The highest BCUT2D eigenvalue weighted by atomic mass is 32.1. The van der Waals surface area contributed by atoms with E-state index in [4.69, 9.17) is 0 Å². The van der Waals surface area contributed by atoms with Crippen molar-refractivity contribution < 1.29 is 8.78 Å². The Balaban J connectivity index is 1.80. The molecule has 2 N–H and O–H groups in total. The Kier molecular flexibility index (Phi) is 6.52. The van der Waals surface area contributed by atoms with Gasteiger partial charge in [0.05, 0.1) is 0 Å². The summed E-state index contributed by atoms with van der Waals surface area (Å²) in [6, 6.07) is 7.61. The SMILES string of the molecule is CN=C(NCc1cc(F)ccc1F)NCC(C)Cc1cccs1. The lowest BCUT2D eigenvalue weighted by atomic mass is 10.1. The quantitative estimate of drug-likeness (QED) is 0.624. The van der Waals surface area contributed by atoms with E-state index in [1.165, 1.54) is 10.9 Å². The number of rotatable bonds is 6. The Hall–Kier alpha value is -1.95. The topological polar surface area (TPSA) is 36.4 Å². The Labute approximate surface area is 139 Å². The predicted molar refractivity (Wildman–Crippen MR) is 91.7 cm³/mol. The van der Waals surface area contributed by atoms with Crippen molar-refractivity contribution in [3.05, 3.63) is 57.8 Å². The summed E-state index contributed by atoms with van der Waals surface area (Å²) in [5.41, 5.74) is 0.277. The standard InChI is InChI=1S/C17H21F2N3S/c1-12(8-15-4-3-7-23-15)10-21-17(20-2)22-11-13-9-14(18)5-6-16(13)19/h3-7,9,12H,8,10-11H2,1-2H3,(H2,20,21,22). The first-order chi connectivity index (χ1) is 11.1. The number of aliphatic imine (C=N–C) groups is 1. The number of hydrogen-bond acceptors (Lipinski definition) is 2. The molecule has 0 amide bonds. The Morgan fingerprint density at radius 2 is 2.09 bits per heavy atom. The molecule has 1 aromatic heterocycles. The molecule has 0 spiro atoms. The second-order valence-electron chi connectivity index (χ2n) is 5.43. The van der Waals surface area contributed by atoms with Gasteiger partial charge in [0.15, 0.2) is 5.96 Å². The first-order valence-corrected chi connectivity index (χ1v) is 8.37. The van der Waals surface area contributed by atoms with Gasteiger partial charge in [-0.2, -0.15) is 0 Å². The van der Waals surface area contributed by atoms with E-state index in [2.05, 4.69) is 34.0 Å². The lowest BCUT2D eigenvalue weighted by Crippen LogP contribution is -2.39. The van der Waals surface area contributed by atoms with E-state index < -0.39 is 11.6 Å². The molecule has 124 valence electrons. The Morgan fingerprint density at radius 1 is 1.26 bits per heavy atom. The summed E-state index contributed by atoms with van der Waals surface area (Å²) in [6.07, 6.45) is 1.00. The molecule has 1 unspecified atom stereocenters. The van der Waals surface area contributed by atoms with Crippen LogP contribution in [0.25, 0.3) is 0 Å². The summed E-state index contributed by atoms with van der Waals surface area (Å²) < 4.78 is 26.7. The third kappa shape index (κ3) is 5.63. The number of guanidine groups is 1. The van der Waals surface area contributed by atoms with Crippen LogP contribution in [0.15, 0.2) is 40.7 Å². The van der Waals surface area contributed by atoms with Crippen LogP contribution >= 0.6 is 11.3 Å². The van der Waals surface area contributed by atoms with Crippen LogP contribution in [-0.4, -0.2) is 19.6 Å². The second-order valence-corrected chi connectivity index (χ2v) is 6.46. The van der Waals surface area contributed by atoms with Crippen LogP contribution in [0.1, 0.15) is 17.4 Å². The highest BCUT2D eigenvalue weighted by Gasteiger charge is 2.08. The molecule has 0 radical (unpaired) electrons. The van der Waals surface area contributed by atoms with Gasteiger partial charge < -0.3 is 10.6 Å². The number of thiophene rings is 1. The van der Waals surface area contributed by atoms with E-state index in [0.29, 0.717) is 11.9 Å². The van der Waals surface area contributed by atoms with Gasteiger partial charge in [0.25, 0.3) is 0 Å². The lowest BCUT2D eigenvalue weighted by molar-refractivity contribution is 0.558. The molecule has 0 saturated carbocycles. The maximum absolute atomic E-state index is 13.6. The van der Waals surface area contributed by atoms with Crippen molar-refractivity contribution in [1.82, 2.24) is 10.6 Å². The fourth-order valence-corrected chi connectivity index (χ4v) is 3.06. The number of nitrogens with zero attached hydrogens (tertiary/aromatic N) is 1. The Bertz CT molecular complexity index is 641. The molecule has 3 nitrogen and oxygen atoms in total. The van der Waals surface area contributed by atoms with Crippen LogP contribution in [-0.2, 0) is 13.0 Å². The molecule has 1 heterocycles. The third-order valence-electron chi connectivity index (χ3n) is 3.43. The fourth-order valence-electron chi connectivity index (χ4n) is 2.19. The highest BCUT2D eigenvalue weighted by Crippen LogP contribution is 2.13. The zero-order valence-corrected chi connectivity index (χ0v) is 14.1. The molecule has 2 rings (SSSR count). The minimum atomic E-state index is -0.448. The van der Waals surface area contributed by atoms with E-state index in [0.717, 1.165) is 25.1 Å². The molecule has 0 fully saturated rings. The van der Waals surface area contributed by atoms with Gasteiger partial charge in [0, 0.05) is 30.6 Å². The van der Waals surface area contributed by atoms with Gasteiger partial charge in [0.2, 0.25) is 0 Å². The molecular weight excluding hydrogens is 316 g/mol. The van der Waals surface area contributed by atoms with Crippen molar-refractivity contribution in [2.45, 2.75) is 19.9 Å². The highest BCUT2D eigenvalue weighted by molar-refractivity contribution is 7.09. The molecule has 0 aliphatic carbocycles. The minimum Gasteiger partial charge on any atom is -0.356 e. The van der Waals surface area contributed by atoms with E-state index >= 15 is 0 Å². The van der Waals surface area contributed by atoms with Gasteiger partial charge in [-0.3, -0.25) is 4.99 Å². The average Bonchev–Trinajstić information content (AvgIpc) is 3.03. The number of hydrogen-bond donors (Lipinski definition) is 2. The van der Waals surface area contributed by atoms with E-state index in [9.17, 15) is 8.78 Å². The Morgan fingerprint density at radius 3 is 2.78 bits per heavy atom. The minimum absolute atomic E-state index is 0.183. The van der Waals surface area contributed by atoms with Crippen molar-refractivity contribution >= 4 is 17.3 Å².